The maximum atomic E-state index is 12.6. The smallest absolute Gasteiger partial charge is 0.223 e. The molecule has 0 atom stereocenters. The summed E-state index contributed by atoms with van der Waals surface area (Å²) in [6.45, 7) is 0. The summed E-state index contributed by atoms with van der Waals surface area (Å²) in [7, 11) is 0. The van der Waals surface area contributed by atoms with Gasteiger partial charge < -0.3 is 16.0 Å². The van der Waals surface area contributed by atoms with Gasteiger partial charge in [-0.1, -0.05) is 41.9 Å². The lowest BCUT2D eigenvalue weighted by Crippen LogP contribution is -2.28. The highest BCUT2D eigenvalue weighted by Gasteiger charge is 2.24. The third-order valence-electron chi connectivity index (χ3n) is 6.45. The average molecular weight is 460 g/mol. The molecule has 0 amide bonds. The van der Waals surface area contributed by atoms with E-state index < -0.39 is 0 Å². The zero-order valence-corrected chi connectivity index (χ0v) is 19.0. The summed E-state index contributed by atoms with van der Waals surface area (Å²) in [6, 6.07) is 15.6. The summed E-state index contributed by atoms with van der Waals surface area (Å²) in [4.78, 5) is 25.0. The van der Waals surface area contributed by atoms with Crippen LogP contribution in [-0.2, 0) is 0 Å². The fourth-order valence-electron chi connectivity index (χ4n) is 4.68. The van der Waals surface area contributed by atoms with Crippen molar-refractivity contribution in [3.63, 3.8) is 0 Å². The van der Waals surface area contributed by atoms with E-state index in [4.69, 9.17) is 22.3 Å². The SMILES string of the molecule is Nc1cccc(C(=O)CC2CCC(Nc3ncc(Cl)c(-c4c[nH]c5ccccc45)n3)CC2)c1. The Morgan fingerprint density at radius 1 is 1.12 bits per heavy atom. The molecule has 6 nitrogen and oxygen atoms in total. The number of halogens is 1. The number of nitrogens with one attached hydrogen (secondary N) is 2. The number of carbonyl (C=O) groups excluding carboxylic acids is 1. The van der Waals surface area contributed by atoms with Crippen LogP contribution in [0.2, 0.25) is 5.02 Å². The van der Waals surface area contributed by atoms with E-state index >= 15 is 0 Å². The maximum Gasteiger partial charge on any atom is 0.223 e. The van der Waals surface area contributed by atoms with Crippen LogP contribution in [0.4, 0.5) is 11.6 Å². The van der Waals surface area contributed by atoms with Crippen molar-refractivity contribution >= 4 is 39.9 Å². The number of ketones is 1. The van der Waals surface area contributed by atoms with Crippen LogP contribution in [0.1, 0.15) is 42.5 Å². The highest BCUT2D eigenvalue weighted by molar-refractivity contribution is 6.33. The fraction of sp³-hybridized carbons (Fsp3) is 0.269. The molecule has 2 heterocycles. The van der Waals surface area contributed by atoms with E-state index in [-0.39, 0.29) is 11.8 Å². The molecular formula is C26H26ClN5O. The molecule has 2 aromatic heterocycles. The van der Waals surface area contributed by atoms with Crippen molar-refractivity contribution in [2.75, 3.05) is 11.1 Å². The van der Waals surface area contributed by atoms with E-state index in [0.717, 1.165) is 42.1 Å². The van der Waals surface area contributed by atoms with Crippen molar-refractivity contribution in [2.45, 2.75) is 38.1 Å². The summed E-state index contributed by atoms with van der Waals surface area (Å²) in [5.41, 5.74) is 9.87. The molecule has 0 saturated heterocycles. The summed E-state index contributed by atoms with van der Waals surface area (Å²) in [6.07, 6.45) is 8.10. The van der Waals surface area contributed by atoms with Crippen molar-refractivity contribution < 1.29 is 4.79 Å². The van der Waals surface area contributed by atoms with E-state index in [9.17, 15) is 4.79 Å². The summed E-state index contributed by atoms with van der Waals surface area (Å²) < 4.78 is 0. The molecule has 5 rings (SSSR count). The van der Waals surface area contributed by atoms with Crippen LogP contribution in [0.5, 0.6) is 0 Å². The summed E-state index contributed by atoms with van der Waals surface area (Å²) in [5.74, 6) is 1.15. The number of hydrogen-bond donors (Lipinski definition) is 3. The molecule has 33 heavy (non-hydrogen) atoms. The number of anilines is 2. The minimum absolute atomic E-state index is 0.170. The maximum absolute atomic E-state index is 12.6. The van der Waals surface area contributed by atoms with E-state index in [1.165, 1.54) is 0 Å². The first kappa shape index (κ1) is 21.5. The quantitative estimate of drug-likeness (QED) is 0.239. The van der Waals surface area contributed by atoms with Gasteiger partial charge in [0, 0.05) is 46.4 Å². The molecule has 0 unspecified atom stereocenters. The van der Waals surface area contributed by atoms with E-state index in [0.29, 0.717) is 40.3 Å². The first-order valence-corrected chi connectivity index (χ1v) is 11.7. The normalized spacial score (nSPS) is 18.3. The van der Waals surface area contributed by atoms with Crippen LogP contribution in [0.3, 0.4) is 0 Å². The number of nitrogens with zero attached hydrogens (tertiary/aromatic N) is 2. The predicted molar refractivity (Wildman–Crippen MR) is 134 cm³/mol. The van der Waals surface area contributed by atoms with Gasteiger partial charge in [0.2, 0.25) is 5.95 Å². The number of nitrogens with two attached hydrogens (primary N) is 1. The number of benzene rings is 2. The lowest BCUT2D eigenvalue weighted by atomic mass is 9.82. The number of nitrogen functional groups attached to an aromatic ring is 1. The fourth-order valence-corrected chi connectivity index (χ4v) is 4.87. The van der Waals surface area contributed by atoms with E-state index in [1.54, 1.807) is 18.3 Å². The van der Waals surface area contributed by atoms with Gasteiger partial charge in [0.1, 0.15) is 0 Å². The monoisotopic (exact) mass is 459 g/mol. The molecule has 168 valence electrons. The number of para-hydroxylation sites is 1. The first-order chi connectivity index (χ1) is 16.1. The van der Waals surface area contributed by atoms with Crippen LogP contribution in [0.25, 0.3) is 22.2 Å². The van der Waals surface area contributed by atoms with Gasteiger partial charge in [0.05, 0.1) is 16.9 Å². The molecule has 1 aliphatic rings. The summed E-state index contributed by atoms with van der Waals surface area (Å²) in [5, 5.41) is 5.08. The van der Waals surface area contributed by atoms with Gasteiger partial charge in [-0.25, -0.2) is 9.97 Å². The molecule has 1 saturated carbocycles. The molecule has 0 bridgehead atoms. The van der Waals surface area contributed by atoms with Gasteiger partial charge in [-0.05, 0) is 49.8 Å². The molecule has 7 heteroatoms. The Morgan fingerprint density at radius 2 is 1.94 bits per heavy atom. The molecule has 4 aromatic rings. The number of aromatic nitrogens is 3. The molecule has 2 aromatic carbocycles. The first-order valence-electron chi connectivity index (χ1n) is 11.3. The number of carbonyl (C=O) groups is 1. The number of H-pyrrole nitrogens is 1. The van der Waals surface area contributed by atoms with Gasteiger partial charge in [0.15, 0.2) is 5.78 Å². The van der Waals surface area contributed by atoms with Gasteiger partial charge in [0.25, 0.3) is 0 Å². The Morgan fingerprint density at radius 3 is 2.76 bits per heavy atom. The van der Waals surface area contributed by atoms with Crippen LogP contribution < -0.4 is 11.1 Å². The van der Waals surface area contributed by atoms with Crippen LogP contribution in [-0.4, -0.2) is 26.8 Å². The zero-order valence-electron chi connectivity index (χ0n) is 18.2. The van der Waals surface area contributed by atoms with Gasteiger partial charge >= 0.3 is 0 Å². The molecule has 0 aliphatic heterocycles. The number of Topliss-reactive ketones (excluding diaryl/α,β-unsaturated/α-hetero) is 1. The van der Waals surface area contributed by atoms with Crippen molar-refractivity contribution in [2.24, 2.45) is 5.92 Å². The lowest BCUT2D eigenvalue weighted by Gasteiger charge is -2.29. The van der Waals surface area contributed by atoms with Gasteiger partial charge in [-0.15, -0.1) is 0 Å². The van der Waals surface area contributed by atoms with Crippen LogP contribution in [0, 0.1) is 5.92 Å². The number of aromatic amines is 1. The van der Waals surface area contributed by atoms with Crippen molar-refractivity contribution in [3.8, 4) is 11.3 Å². The second-order valence-corrected chi connectivity index (χ2v) is 9.16. The number of fused-ring (bicyclic) bond motifs is 1. The van der Waals surface area contributed by atoms with Crippen molar-refractivity contribution in [1.29, 1.82) is 0 Å². The molecule has 1 aliphatic carbocycles. The number of hydrogen-bond acceptors (Lipinski definition) is 5. The molecular weight excluding hydrogens is 434 g/mol. The third kappa shape index (κ3) is 4.71. The second kappa shape index (κ2) is 9.24. The highest BCUT2D eigenvalue weighted by Crippen LogP contribution is 2.33. The Bertz CT molecular complexity index is 1290. The van der Waals surface area contributed by atoms with E-state index in [2.05, 4.69) is 21.4 Å². The van der Waals surface area contributed by atoms with Gasteiger partial charge in [-0.2, -0.15) is 0 Å². The minimum Gasteiger partial charge on any atom is -0.399 e. The molecule has 0 spiro atoms. The summed E-state index contributed by atoms with van der Waals surface area (Å²) >= 11 is 6.45. The van der Waals surface area contributed by atoms with Crippen molar-refractivity contribution in [1.82, 2.24) is 15.0 Å². The van der Waals surface area contributed by atoms with Crippen LogP contribution in [0.15, 0.2) is 60.9 Å². The molecule has 0 radical (unpaired) electrons. The zero-order chi connectivity index (χ0) is 22.8. The Balaban J connectivity index is 1.22. The topological polar surface area (TPSA) is 96.7 Å². The molecule has 1 fully saturated rings. The Kier molecular flexibility index (Phi) is 6.01. The molecule has 4 N–H and O–H groups in total. The average Bonchev–Trinajstić information content (AvgIpc) is 3.25. The Hall–Kier alpha value is -3.38. The van der Waals surface area contributed by atoms with Crippen LogP contribution >= 0.6 is 11.6 Å². The third-order valence-corrected chi connectivity index (χ3v) is 6.73. The minimum atomic E-state index is 0.170. The van der Waals surface area contributed by atoms with E-state index in [1.807, 2.05) is 36.5 Å². The highest BCUT2D eigenvalue weighted by atomic mass is 35.5. The largest absolute Gasteiger partial charge is 0.399 e. The predicted octanol–water partition coefficient (Wildman–Crippen LogP) is 6.10. The van der Waals surface area contributed by atoms with Crippen molar-refractivity contribution in [3.05, 3.63) is 71.5 Å². The van der Waals surface area contributed by atoms with Gasteiger partial charge in [-0.3, -0.25) is 4.79 Å². The Labute approximate surface area is 197 Å². The lowest BCUT2D eigenvalue weighted by molar-refractivity contribution is 0.0949. The number of rotatable bonds is 6. The second-order valence-electron chi connectivity index (χ2n) is 8.75. The standard InChI is InChI=1S/C26H26ClN5O/c27-22-15-30-26(32-25(22)21-14-29-23-7-2-1-6-20(21)23)31-19-10-8-16(9-11-19)12-24(33)17-4-3-5-18(28)13-17/h1-7,13-16,19,29H,8-12,28H2,(H,30,31,32).